The summed E-state index contributed by atoms with van der Waals surface area (Å²) in [7, 11) is 0. The molecule has 0 radical (unpaired) electrons. The van der Waals surface area contributed by atoms with Gasteiger partial charge in [-0.3, -0.25) is 14.5 Å². The minimum atomic E-state index is -0.586. The first-order valence-electron chi connectivity index (χ1n) is 6.49. The van der Waals surface area contributed by atoms with E-state index in [1.807, 2.05) is 18.7 Å². The van der Waals surface area contributed by atoms with Gasteiger partial charge in [0.1, 0.15) is 0 Å². The predicted molar refractivity (Wildman–Crippen MR) is 77.4 cm³/mol. The summed E-state index contributed by atoms with van der Waals surface area (Å²) in [4.78, 5) is 25.1. The van der Waals surface area contributed by atoms with E-state index < -0.39 is 5.91 Å². The highest BCUT2D eigenvalue weighted by atomic mass is 16.3. The largest absolute Gasteiger partial charge is 0.395 e. The lowest BCUT2D eigenvalue weighted by molar-refractivity contribution is -0.117. The number of hydrogen-bond acceptors (Lipinski definition) is 4. The predicted octanol–water partition coefficient (Wildman–Crippen LogP) is 0.427. The monoisotopic (exact) mass is 279 g/mol. The van der Waals surface area contributed by atoms with Gasteiger partial charge in [-0.1, -0.05) is 12.1 Å². The number of para-hydroxylation sites is 1. The van der Waals surface area contributed by atoms with Gasteiger partial charge in [-0.15, -0.1) is 0 Å². The first kappa shape index (κ1) is 16.1. The van der Waals surface area contributed by atoms with Crippen molar-refractivity contribution in [2.24, 2.45) is 5.73 Å². The van der Waals surface area contributed by atoms with Gasteiger partial charge in [0.15, 0.2) is 0 Å². The van der Waals surface area contributed by atoms with Crippen LogP contribution in [0.1, 0.15) is 24.2 Å². The Morgan fingerprint density at radius 3 is 2.55 bits per heavy atom. The average molecular weight is 279 g/mol. The van der Waals surface area contributed by atoms with E-state index in [0.717, 1.165) is 0 Å². The maximum atomic E-state index is 12.0. The van der Waals surface area contributed by atoms with E-state index in [1.165, 1.54) is 0 Å². The van der Waals surface area contributed by atoms with Crippen LogP contribution in [0.4, 0.5) is 5.69 Å². The van der Waals surface area contributed by atoms with E-state index in [-0.39, 0.29) is 30.7 Å². The summed E-state index contributed by atoms with van der Waals surface area (Å²) in [6.07, 6.45) is 0. The van der Waals surface area contributed by atoms with E-state index in [2.05, 4.69) is 5.32 Å². The number of rotatable bonds is 7. The Kier molecular flexibility index (Phi) is 6.14. The quantitative estimate of drug-likeness (QED) is 0.674. The number of nitrogens with zero attached hydrogens (tertiary/aromatic N) is 1. The minimum Gasteiger partial charge on any atom is -0.395 e. The Labute approximate surface area is 118 Å². The van der Waals surface area contributed by atoms with Gasteiger partial charge in [0.05, 0.1) is 24.4 Å². The third kappa shape index (κ3) is 4.64. The maximum Gasteiger partial charge on any atom is 0.250 e. The van der Waals surface area contributed by atoms with Crippen LogP contribution in [0.2, 0.25) is 0 Å². The van der Waals surface area contributed by atoms with Gasteiger partial charge in [0.2, 0.25) is 5.91 Å². The molecule has 1 aromatic carbocycles. The van der Waals surface area contributed by atoms with Crippen LogP contribution in [0, 0.1) is 0 Å². The lowest BCUT2D eigenvalue weighted by atomic mass is 10.1. The number of nitrogens with one attached hydrogen (secondary N) is 1. The van der Waals surface area contributed by atoms with Crippen molar-refractivity contribution in [2.75, 3.05) is 25.0 Å². The number of benzene rings is 1. The van der Waals surface area contributed by atoms with Crippen molar-refractivity contribution >= 4 is 17.5 Å². The standard InChI is InChI=1S/C14H21N3O3/c1-10(2)17(7-8-18)9-13(19)16-12-6-4-3-5-11(12)14(15)20/h3-6,10,18H,7-9H2,1-2H3,(H2,15,20)(H,16,19). The number of amides is 2. The molecule has 2 amide bonds. The molecule has 0 aliphatic heterocycles. The van der Waals surface area contributed by atoms with E-state index in [1.54, 1.807) is 24.3 Å². The Morgan fingerprint density at radius 2 is 2.00 bits per heavy atom. The normalized spacial score (nSPS) is 10.8. The highest BCUT2D eigenvalue weighted by molar-refractivity contribution is 6.03. The molecule has 0 heterocycles. The molecular formula is C14H21N3O3. The molecule has 0 aliphatic carbocycles. The van der Waals surface area contributed by atoms with E-state index in [0.29, 0.717) is 12.2 Å². The fraction of sp³-hybridized carbons (Fsp3) is 0.429. The molecule has 0 spiro atoms. The second kappa shape index (κ2) is 7.62. The molecule has 0 fully saturated rings. The van der Waals surface area contributed by atoms with Gasteiger partial charge >= 0.3 is 0 Å². The third-order valence-corrected chi connectivity index (χ3v) is 2.93. The third-order valence-electron chi connectivity index (χ3n) is 2.93. The Morgan fingerprint density at radius 1 is 1.35 bits per heavy atom. The summed E-state index contributed by atoms with van der Waals surface area (Å²) in [6, 6.07) is 6.73. The van der Waals surface area contributed by atoms with Crippen LogP contribution in [-0.2, 0) is 4.79 Å². The molecule has 0 unspecified atom stereocenters. The number of anilines is 1. The average Bonchev–Trinajstić information content (AvgIpc) is 2.38. The molecule has 6 nitrogen and oxygen atoms in total. The fourth-order valence-corrected chi connectivity index (χ4v) is 1.83. The molecule has 0 saturated heterocycles. The smallest absolute Gasteiger partial charge is 0.250 e. The second-order valence-electron chi connectivity index (χ2n) is 4.75. The summed E-state index contributed by atoms with van der Waals surface area (Å²) >= 11 is 0. The maximum absolute atomic E-state index is 12.0. The Hall–Kier alpha value is -1.92. The summed E-state index contributed by atoms with van der Waals surface area (Å²) in [5, 5.41) is 11.6. The van der Waals surface area contributed by atoms with Gasteiger partial charge in [-0.2, -0.15) is 0 Å². The Balaban J connectivity index is 2.73. The fourth-order valence-electron chi connectivity index (χ4n) is 1.83. The molecule has 4 N–H and O–H groups in total. The number of carbonyl (C=O) groups is 2. The lowest BCUT2D eigenvalue weighted by Gasteiger charge is -2.24. The minimum absolute atomic E-state index is 0.0106. The van der Waals surface area contributed by atoms with Crippen LogP contribution in [0.3, 0.4) is 0 Å². The van der Waals surface area contributed by atoms with Gasteiger partial charge in [0.25, 0.3) is 5.91 Å². The van der Waals surface area contributed by atoms with Crippen molar-refractivity contribution in [1.29, 1.82) is 0 Å². The molecule has 110 valence electrons. The first-order valence-corrected chi connectivity index (χ1v) is 6.49. The molecule has 0 bridgehead atoms. The van der Waals surface area contributed by atoms with Gasteiger partial charge in [0, 0.05) is 12.6 Å². The summed E-state index contributed by atoms with van der Waals surface area (Å²) < 4.78 is 0. The molecule has 1 rings (SSSR count). The van der Waals surface area contributed by atoms with E-state index in [9.17, 15) is 9.59 Å². The second-order valence-corrected chi connectivity index (χ2v) is 4.75. The van der Waals surface area contributed by atoms with Gasteiger partial charge in [-0.25, -0.2) is 0 Å². The van der Waals surface area contributed by atoms with Gasteiger partial charge in [-0.05, 0) is 26.0 Å². The van der Waals surface area contributed by atoms with E-state index >= 15 is 0 Å². The van der Waals surface area contributed by atoms with Crippen molar-refractivity contribution in [1.82, 2.24) is 4.90 Å². The zero-order valence-electron chi connectivity index (χ0n) is 11.8. The van der Waals surface area contributed by atoms with Crippen molar-refractivity contribution < 1.29 is 14.7 Å². The molecule has 20 heavy (non-hydrogen) atoms. The van der Waals surface area contributed by atoms with Crippen LogP contribution in [0.15, 0.2) is 24.3 Å². The molecule has 0 aromatic heterocycles. The van der Waals surface area contributed by atoms with Crippen molar-refractivity contribution in [3.8, 4) is 0 Å². The molecule has 0 aliphatic rings. The molecule has 6 heteroatoms. The summed E-state index contributed by atoms with van der Waals surface area (Å²) in [6.45, 7) is 4.44. The number of carbonyl (C=O) groups excluding carboxylic acids is 2. The number of primary amides is 1. The summed E-state index contributed by atoms with van der Waals surface area (Å²) in [5.74, 6) is -0.835. The number of aliphatic hydroxyl groups is 1. The molecule has 1 aromatic rings. The zero-order valence-corrected chi connectivity index (χ0v) is 11.8. The van der Waals surface area contributed by atoms with Crippen LogP contribution in [0.25, 0.3) is 0 Å². The van der Waals surface area contributed by atoms with Crippen LogP contribution in [-0.4, -0.2) is 47.6 Å². The Bertz CT molecular complexity index is 474. The van der Waals surface area contributed by atoms with Gasteiger partial charge < -0.3 is 16.2 Å². The van der Waals surface area contributed by atoms with E-state index in [4.69, 9.17) is 10.8 Å². The molecule has 0 saturated carbocycles. The lowest BCUT2D eigenvalue weighted by Crippen LogP contribution is -2.39. The van der Waals surface area contributed by atoms with Crippen LogP contribution in [0.5, 0.6) is 0 Å². The zero-order chi connectivity index (χ0) is 15.1. The number of nitrogens with two attached hydrogens (primary N) is 1. The van der Waals surface area contributed by atoms with Crippen LogP contribution < -0.4 is 11.1 Å². The first-order chi connectivity index (χ1) is 9.45. The molecular weight excluding hydrogens is 258 g/mol. The number of hydrogen-bond donors (Lipinski definition) is 3. The van der Waals surface area contributed by atoms with Crippen molar-refractivity contribution in [2.45, 2.75) is 19.9 Å². The SMILES string of the molecule is CC(C)N(CCO)CC(=O)Nc1ccccc1C(N)=O. The van der Waals surface area contributed by atoms with Crippen LogP contribution >= 0.6 is 0 Å². The molecule has 0 atom stereocenters. The number of aliphatic hydroxyl groups excluding tert-OH is 1. The topological polar surface area (TPSA) is 95.7 Å². The highest BCUT2D eigenvalue weighted by Crippen LogP contribution is 2.14. The summed E-state index contributed by atoms with van der Waals surface area (Å²) in [5.41, 5.74) is 5.93. The van der Waals surface area contributed by atoms with Crippen molar-refractivity contribution in [3.05, 3.63) is 29.8 Å². The van der Waals surface area contributed by atoms with Crippen molar-refractivity contribution in [3.63, 3.8) is 0 Å². The highest BCUT2D eigenvalue weighted by Gasteiger charge is 2.15.